The van der Waals surface area contributed by atoms with Crippen molar-refractivity contribution < 1.29 is 18.8 Å². The zero-order valence-corrected chi connectivity index (χ0v) is 17.0. The first-order valence-corrected chi connectivity index (χ1v) is 9.97. The van der Waals surface area contributed by atoms with E-state index >= 15 is 0 Å². The number of hydrogen-bond donors (Lipinski definition) is 1. The molecule has 1 aliphatic rings. The molecule has 6 heteroatoms. The van der Waals surface area contributed by atoms with Crippen LogP contribution in [0.2, 0.25) is 0 Å². The van der Waals surface area contributed by atoms with E-state index in [4.69, 9.17) is 0 Å². The van der Waals surface area contributed by atoms with Crippen LogP contribution >= 0.6 is 0 Å². The molecule has 31 heavy (non-hydrogen) atoms. The Labute approximate surface area is 179 Å². The number of Topliss-reactive ketones (excluding diaryl/α,β-unsaturated/α-hetero) is 1. The predicted octanol–water partition coefficient (Wildman–Crippen LogP) is 4.75. The monoisotopic (exact) mass is 416 g/mol. The molecule has 2 amide bonds. The molecule has 1 N–H and O–H groups in total. The van der Waals surface area contributed by atoms with Crippen LogP contribution in [0.1, 0.15) is 51.2 Å². The summed E-state index contributed by atoms with van der Waals surface area (Å²) < 4.78 is 13.5. The maximum atomic E-state index is 13.5. The number of nitrogens with one attached hydrogen (secondary N) is 1. The highest BCUT2D eigenvalue weighted by atomic mass is 19.1. The van der Waals surface area contributed by atoms with Gasteiger partial charge in [-0.3, -0.25) is 14.4 Å². The Bertz CT molecular complexity index is 1160. The summed E-state index contributed by atoms with van der Waals surface area (Å²) in [5, 5.41) is 2.81. The van der Waals surface area contributed by atoms with E-state index < -0.39 is 6.04 Å². The van der Waals surface area contributed by atoms with E-state index in [1.54, 1.807) is 47.4 Å². The Balaban J connectivity index is 1.59. The van der Waals surface area contributed by atoms with Gasteiger partial charge in [0.2, 0.25) is 5.91 Å². The number of carbonyl (C=O) groups excluding carboxylic acids is 3. The second-order valence-corrected chi connectivity index (χ2v) is 7.55. The number of anilines is 1. The standard InChI is InChI=1S/C25H21FN2O3/c1-16(29)18-6-4-7-21(13-18)27-24(30)14-23(17-9-11-20(26)12-10-17)28-15-19-5-2-3-8-22(19)25(28)31/h2-13,23H,14-15H2,1H3,(H,27,30). The van der Waals surface area contributed by atoms with Crippen molar-refractivity contribution in [3.05, 3.63) is 101 Å². The molecule has 4 rings (SSSR count). The Morgan fingerprint density at radius 2 is 1.77 bits per heavy atom. The molecule has 0 saturated carbocycles. The Morgan fingerprint density at radius 1 is 1.03 bits per heavy atom. The van der Waals surface area contributed by atoms with E-state index in [-0.39, 0.29) is 29.8 Å². The lowest BCUT2D eigenvalue weighted by Gasteiger charge is -2.28. The smallest absolute Gasteiger partial charge is 0.255 e. The first kappa shape index (κ1) is 20.5. The van der Waals surface area contributed by atoms with Gasteiger partial charge in [0.05, 0.1) is 12.5 Å². The fourth-order valence-corrected chi connectivity index (χ4v) is 3.83. The number of amides is 2. The van der Waals surface area contributed by atoms with Crippen molar-refractivity contribution >= 4 is 23.3 Å². The summed E-state index contributed by atoms with van der Waals surface area (Å²) in [6, 6.07) is 19.3. The topological polar surface area (TPSA) is 66.5 Å². The van der Waals surface area contributed by atoms with Gasteiger partial charge >= 0.3 is 0 Å². The van der Waals surface area contributed by atoms with Crippen LogP contribution in [0.15, 0.2) is 72.8 Å². The second kappa shape index (κ2) is 8.52. The number of rotatable bonds is 6. The normalized spacial score (nSPS) is 13.6. The van der Waals surface area contributed by atoms with Crippen molar-refractivity contribution in [3.63, 3.8) is 0 Å². The van der Waals surface area contributed by atoms with Crippen LogP contribution in [-0.2, 0) is 11.3 Å². The maximum absolute atomic E-state index is 13.5. The molecule has 0 aromatic heterocycles. The third-order valence-corrected chi connectivity index (χ3v) is 5.41. The van der Waals surface area contributed by atoms with Crippen LogP contribution in [0.3, 0.4) is 0 Å². The lowest BCUT2D eigenvalue weighted by molar-refractivity contribution is -0.117. The van der Waals surface area contributed by atoms with Crippen LogP contribution in [0.5, 0.6) is 0 Å². The summed E-state index contributed by atoms with van der Waals surface area (Å²) in [4.78, 5) is 39.1. The van der Waals surface area contributed by atoms with E-state index in [0.717, 1.165) is 5.56 Å². The molecule has 5 nitrogen and oxygen atoms in total. The second-order valence-electron chi connectivity index (χ2n) is 7.55. The largest absolute Gasteiger partial charge is 0.327 e. The Kier molecular flexibility index (Phi) is 5.62. The molecule has 3 aromatic carbocycles. The van der Waals surface area contributed by atoms with Gasteiger partial charge in [-0.25, -0.2) is 4.39 Å². The fraction of sp³-hybridized carbons (Fsp3) is 0.160. The van der Waals surface area contributed by atoms with Gasteiger partial charge in [-0.15, -0.1) is 0 Å². The van der Waals surface area contributed by atoms with Gasteiger partial charge < -0.3 is 10.2 Å². The highest BCUT2D eigenvalue weighted by molar-refractivity contribution is 6.00. The minimum atomic E-state index is -0.559. The lowest BCUT2D eigenvalue weighted by Crippen LogP contribution is -2.32. The van der Waals surface area contributed by atoms with Gasteiger partial charge in [-0.05, 0) is 48.4 Å². The number of halogens is 1. The van der Waals surface area contributed by atoms with Crippen molar-refractivity contribution in [1.82, 2.24) is 4.90 Å². The molecule has 156 valence electrons. The number of carbonyl (C=O) groups is 3. The first-order chi connectivity index (χ1) is 14.9. The summed E-state index contributed by atoms with van der Waals surface area (Å²) in [5.41, 5.74) is 3.19. The number of hydrogen-bond acceptors (Lipinski definition) is 3. The molecular weight excluding hydrogens is 395 g/mol. The van der Waals surface area contributed by atoms with Crippen LogP contribution in [0.4, 0.5) is 10.1 Å². The summed E-state index contributed by atoms with van der Waals surface area (Å²) in [5.74, 6) is -0.945. The molecule has 0 saturated heterocycles. The molecule has 3 aromatic rings. The molecule has 0 bridgehead atoms. The lowest BCUT2D eigenvalue weighted by atomic mass is 10.0. The van der Waals surface area contributed by atoms with Gasteiger partial charge in [0.25, 0.3) is 5.91 Å². The van der Waals surface area contributed by atoms with Crippen molar-refractivity contribution in [2.45, 2.75) is 25.9 Å². The van der Waals surface area contributed by atoms with Gasteiger partial charge in [0.15, 0.2) is 5.78 Å². The highest BCUT2D eigenvalue weighted by Crippen LogP contribution is 2.33. The predicted molar refractivity (Wildman–Crippen MR) is 115 cm³/mol. The quantitative estimate of drug-likeness (QED) is 0.590. The minimum Gasteiger partial charge on any atom is -0.327 e. The summed E-state index contributed by atoms with van der Waals surface area (Å²) >= 11 is 0. The van der Waals surface area contributed by atoms with Crippen molar-refractivity contribution in [3.8, 4) is 0 Å². The number of benzene rings is 3. The molecule has 1 aliphatic heterocycles. The SMILES string of the molecule is CC(=O)c1cccc(NC(=O)CC(c2ccc(F)cc2)N2Cc3ccccc3C2=O)c1. The van der Waals surface area contributed by atoms with Crippen LogP contribution in [-0.4, -0.2) is 22.5 Å². The van der Waals surface area contributed by atoms with Gasteiger partial charge in [-0.1, -0.05) is 42.5 Å². The first-order valence-electron chi connectivity index (χ1n) is 9.97. The van der Waals surface area contributed by atoms with Crippen molar-refractivity contribution in [2.24, 2.45) is 0 Å². The summed E-state index contributed by atoms with van der Waals surface area (Å²) in [7, 11) is 0. The summed E-state index contributed by atoms with van der Waals surface area (Å²) in [6.45, 7) is 1.84. The average Bonchev–Trinajstić information content (AvgIpc) is 3.09. The molecule has 0 spiro atoms. The molecule has 1 atom stereocenters. The van der Waals surface area contributed by atoms with Crippen molar-refractivity contribution in [1.29, 1.82) is 0 Å². The molecule has 0 radical (unpaired) electrons. The van der Waals surface area contributed by atoms with Crippen LogP contribution in [0, 0.1) is 5.82 Å². The molecular formula is C25H21FN2O3. The zero-order chi connectivity index (χ0) is 22.0. The zero-order valence-electron chi connectivity index (χ0n) is 17.0. The Morgan fingerprint density at radius 3 is 2.48 bits per heavy atom. The van der Waals surface area contributed by atoms with E-state index in [2.05, 4.69) is 5.32 Å². The summed E-state index contributed by atoms with van der Waals surface area (Å²) in [6.07, 6.45) is -0.00431. The highest BCUT2D eigenvalue weighted by Gasteiger charge is 2.34. The molecule has 1 heterocycles. The third-order valence-electron chi connectivity index (χ3n) is 5.41. The third kappa shape index (κ3) is 4.38. The molecule has 0 fully saturated rings. The van der Waals surface area contributed by atoms with E-state index in [9.17, 15) is 18.8 Å². The van der Waals surface area contributed by atoms with Crippen molar-refractivity contribution in [2.75, 3.05) is 5.32 Å². The number of ketones is 1. The molecule has 1 unspecified atom stereocenters. The number of fused-ring (bicyclic) bond motifs is 1. The van der Waals surface area contributed by atoms with Gasteiger partial charge in [0, 0.05) is 23.4 Å². The van der Waals surface area contributed by atoms with E-state index in [1.165, 1.54) is 19.1 Å². The van der Waals surface area contributed by atoms with Crippen LogP contribution in [0.25, 0.3) is 0 Å². The van der Waals surface area contributed by atoms with Gasteiger partial charge in [-0.2, -0.15) is 0 Å². The maximum Gasteiger partial charge on any atom is 0.255 e. The van der Waals surface area contributed by atoms with Crippen LogP contribution < -0.4 is 5.32 Å². The Hall–Kier alpha value is -3.80. The van der Waals surface area contributed by atoms with Gasteiger partial charge in [0.1, 0.15) is 5.82 Å². The van der Waals surface area contributed by atoms with E-state index in [1.807, 2.05) is 18.2 Å². The minimum absolute atomic E-state index is 0.00431. The molecule has 0 aliphatic carbocycles. The number of nitrogens with zero attached hydrogens (tertiary/aromatic N) is 1. The van der Waals surface area contributed by atoms with E-state index in [0.29, 0.717) is 28.9 Å². The average molecular weight is 416 g/mol. The fourth-order valence-electron chi connectivity index (χ4n) is 3.83.